The number of nitrogens with one attached hydrogen (secondary N) is 2. The van der Waals surface area contributed by atoms with Crippen molar-refractivity contribution < 1.29 is 4.79 Å². The molecule has 2 heterocycles. The van der Waals surface area contributed by atoms with Crippen molar-refractivity contribution in [1.82, 2.24) is 20.4 Å². The van der Waals surface area contributed by atoms with E-state index >= 15 is 0 Å². The average molecular weight is 327 g/mol. The molecule has 0 bridgehead atoms. The average Bonchev–Trinajstić information content (AvgIpc) is 2.75. The van der Waals surface area contributed by atoms with Crippen LogP contribution in [0.5, 0.6) is 0 Å². The lowest BCUT2D eigenvalue weighted by molar-refractivity contribution is -0.133. The Hall–Kier alpha value is -0.880. The highest BCUT2D eigenvalue weighted by atomic mass is 32.1. The number of carbonyl (C=O) groups excluding carboxylic acids is 1. The third-order valence-electron chi connectivity index (χ3n) is 4.79. The smallest absolute Gasteiger partial charge is 0.241 e. The van der Waals surface area contributed by atoms with Crippen molar-refractivity contribution >= 4 is 23.2 Å². The Morgan fingerprint density at radius 2 is 2.05 bits per heavy atom. The van der Waals surface area contributed by atoms with Crippen molar-refractivity contribution in [1.29, 1.82) is 0 Å². The predicted octanol–water partition coefficient (Wildman–Crippen LogP) is 1.54. The second kappa shape index (κ2) is 7.13. The van der Waals surface area contributed by atoms with Gasteiger partial charge in [0.05, 0.1) is 11.7 Å². The minimum Gasteiger partial charge on any atom is -0.363 e. The fourth-order valence-corrected chi connectivity index (χ4v) is 3.89. The molecule has 2 N–H and O–H groups in total. The molecule has 0 aromatic rings. The Bertz CT molecular complexity index is 418. The van der Waals surface area contributed by atoms with Gasteiger partial charge in [-0.2, -0.15) is 0 Å². The molecule has 5 nitrogen and oxygen atoms in total. The van der Waals surface area contributed by atoms with Crippen molar-refractivity contribution in [3.05, 3.63) is 0 Å². The molecule has 0 aromatic carbocycles. The maximum absolute atomic E-state index is 12.7. The summed E-state index contributed by atoms with van der Waals surface area (Å²) < 4.78 is 0. The normalized spacial score (nSPS) is 24.4. The Morgan fingerprint density at radius 1 is 1.41 bits per heavy atom. The largest absolute Gasteiger partial charge is 0.363 e. The molecule has 2 saturated heterocycles. The van der Waals surface area contributed by atoms with Gasteiger partial charge in [0, 0.05) is 39.0 Å². The topological polar surface area (TPSA) is 47.6 Å². The highest BCUT2D eigenvalue weighted by molar-refractivity contribution is 7.80. The number of nitrogens with zero attached hydrogens (tertiary/aromatic N) is 2. The van der Waals surface area contributed by atoms with Gasteiger partial charge in [-0.25, -0.2) is 0 Å². The summed E-state index contributed by atoms with van der Waals surface area (Å²) in [6.45, 7) is 11.9. The number of carbonyl (C=O) groups is 1. The van der Waals surface area contributed by atoms with Gasteiger partial charge in [0.2, 0.25) is 5.91 Å². The lowest BCUT2D eigenvalue weighted by Gasteiger charge is -2.45. The van der Waals surface area contributed by atoms with Gasteiger partial charge in [-0.05, 0) is 31.5 Å². The Labute approximate surface area is 139 Å². The van der Waals surface area contributed by atoms with Crippen LogP contribution in [0.25, 0.3) is 0 Å². The third kappa shape index (κ3) is 3.23. The summed E-state index contributed by atoms with van der Waals surface area (Å²) in [5.74, 6) is 0.603. The molecule has 6 heteroatoms. The molecule has 1 atom stereocenters. The number of likely N-dealkylation sites (tertiary alicyclic amines) is 1. The van der Waals surface area contributed by atoms with Crippen LogP contribution in [0.3, 0.4) is 0 Å². The van der Waals surface area contributed by atoms with E-state index in [-0.39, 0.29) is 17.6 Å². The fraction of sp³-hybridized carbons (Fsp3) is 0.875. The fourth-order valence-electron chi connectivity index (χ4n) is 3.56. The van der Waals surface area contributed by atoms with Crippen LogP contribution >= 0.6 is 12.2 Å². The van der Waals surface area contributed by atoms with Crippen LogP contribution in [-0.4, -0.2) is 58.7 Å². The van der Waals surface area contributed by atoms with Crippen LogP contribution in [0.4, 0.5) is 0 Å². The van der Waals surface area contributed by atoms with E-state index in [1.807, 2.05) is 0 Å². The summed E-state index contributed by atoms with van der Waals surface area (Å²) in [6.07, 6.45) is 2.88. The van der Waals surface area contributed by atoms with Gasteiger partial charge in [-0.1, -0.05) is 20.8 Å². The lowest BCUT2D eigenvalue weighted by Crippen LogP contribution is -2.60. The molecule has 1 spiro atoms. The van der Waals surface area contributed by atoms with Crippen molar-refractivity contribution in [3.63, 3.8) is 0 Å². The molecular formula is C16H30N4OS. The number of hydrogen-bond acceptors (Lipinski definition) is 3. The SMILES string of the molecule is CCCN1C(=O)C(C(C)C)NC12CCN(C(=S)NCC)CC2. The van der Waals surface area contributed by atoms with Crippen LogP contribution in [0, 0.1) is 5.92 Å². The predicted molar refractivity (Wildman–Crippen MR) is 93.6 cm³/mol. The summed E-state index contributed by atoms with van der Waals surface area (Å²) in [6, 6.07) is -0.0428. The molecule has 0 saturated carbocycles. The van der Waals surface area contributed by atoms with Gasteiger partial charge in [-0.15, -0.1) is 0 Å². The number of thiocarbonyl (C=S) groups is 1. The van der Waals surface area contributed by atoms with Crippen LogP contribution in [0.2, 0.25) is 0 Å². The van der Waals surface area contributed by atoms with E-state index in [1.54, 1.807) is 0 Å². The summed E-state index contributed by atoms with van der Waals surface area (Å²) in [4.78, 5) is 17.1. The van der Waals surface area contributed by atoms with Crippen LogP contribution in [0.1, 0.15) is 47.0 Å². The summed E-state index contributed by atoms with van der Waals surface area (Å²) in [5.41, 5.74) is -0.166. The lowest BCUT2D eigenvalue weighted by atomic mass is 9.95. The van der Waals surface area contributed by atoms with E-state index in [4.69, 9.17) is 12.2 Å². The Balaban J connectivity index is 2.09. The molecule has 2 aliphatic rings. The monoisotopic (exact) mass is 326 g/mol. The third-order valence-corrected chi connectivity index (χ3v) is 5.20. The highest BCUT2D eigenvalue weighted by Crippen LogP contribution is 2.34. The zero-order valence-electron chi connectivity index (χ0n) is 14.3. The Morgan fingerprint density at radius 3 is 2.55 bits per heavy atom. The number of rotatable bonds is 4. The molecule has 0 radical (unpaired) electrons. The second-order valence-electron chi connectivity index (χ2n) is 6.71. The van der Waals surface area contributed by atoms with Crippen molar-refractivity contribution in [2.75, 3.05) is 26.2 Å². The van der Waals surface area contributed by atoms with Gasteiger partial charge >= 0.3 is 0 Å². The van der Waals surface area contributed by atoms with E-state index < -0.39 is 0 Å². The molecule has 2 aliphatic heterocycles. The number of hydrogen-bond donors (Lipinski definition) is 2. The number of amides is 1. The minimum atomic E-state index is -0.166. The van der Waals surface area contributed by atoms with E-state index in [2.05, 4.69) is 48.1 Å². The van der Waals surface area contributed by atoms with Crippen molar-refractivity contribution in [2.45, 2.75) is 58.7 Å². The van der Waals surface area contributed by atoms with Gasteiger partial charge in [-0.3, -0.25) is 10.1 Å². The van der Waals surface area contributed by atoms with Crippen LogP contribution in [-0.2, 0) is 4.79 Å². The van der Waals surface area contributed by atoms with Gasteiger partial charge in [0.15, 0.2) is 5.11 Å². The molecule has 1 unspecified atom stereocenters. The molecule has 2 rings (SSSR count). The van der Waals surface area contributed by atoms with Crippen LogP contribution < -0.4 is 10.6 Å². The number of piperidine rings is 1. The zero-order chi connectivity index (χ0) is 16.3. The Kier molecular flexibility index (Phi) is 5.66. The maximum Gasteiger partial charge on any atom is 0.241 e. The summed E-state index contributed by atoms with van der Waals surface area (Å²) in [5, 5.41) is 7.73. The van der Waals surface area contributed by atoms with Crippen LogP contribution in [0.15, 0.2) is 0 Å². The minimum absolute atomic E-state index is 0.0428. The zero-order valence-corrected chi connectivity index (χ0v) is 15.1. The molecule has 0 aliphatic carbocycles. The van der Waals surface area contributed by atoms with E-state index in [0.29, 0.717) is 5.92 Å². The van der Waals surface area contributed by atoms with Crippen molar-refractivity contribution in [3.8, 4) is 0 Å². The van der Waals surface area contributed by atoms with E-state index in [0.717, 1.165) is 50.6 Å². The molecule has 2 fully saturated rings. The molecule has 22 heavy (non-hydrogen) atoms. The van der Waals surface area contributed by atoms with E-state index in [1.165, 1.54) is 0 Å². The van der Waals surface area contributed by atoms with E-state index in [9.17, 15) is 4.79 Å². The second-order valence-corrected chi connectivity index (χ2v) is 7.10. The molecule has 1 amide bonds. The standard InChI is InChI=1S/C16H30N4OS/c1-5-9-20-14(21)13(12(3)4)18-16(20)7-10-19(11-8-16)15(22)17-6-2/h12-13,18H,5-11H2,1-4H3,(H,17,22). The molecular weight excluding hydrogens is 296 g/mol. The first-order valence-corrected chi connectivity index (χ1v) is 8.98. The van der Waals surface area contributed by atoms with Gasteiger partial charge in [0.25, 0.3) is 0 Å². The first-order chi connectivity index (χ1) is 10.4. The summed E-state index contributed by atoms with van der Waals surface area (Å²) in [7, 11) is 0. The summed E-state index contributed by atoms with van der Waals surface area (Å²) >= 11 is 5.42. The quantitative estimate of drug-likeness (QED) is 0.768. The van der Waals surface area contributed by atoms with Gasteiger partial charge in [0.1, 0.15) is 0 Å². The van der Waals surface area contributed by atoms with Crippen molar-refractivity contribution in [2.24, 2.45) is 5.92 Å². The molecule has 0 aromatic heterocycles. The first-order valence-electron chi connectivity index (χ1n) is 8.57. The maximum atomic E-state index is 12.7. The highest BCUT2D eigenvalue weighted by Gasteiger charge is 2.51. The first kappa shape index (κ1) is 17.5. The van der Waals surface area contributed by atoms with Gasteiger partial charge < -0.3 is 15.1 Å². The molecule has 126 valence electrons.